The summed E-state index contributed by atoms with van der Waals surface area (Å²) in [6, 6.07) is 11.3. The second kappa shape index (κ2) is 4.21. The summed E-state index contributed by atoms with van der Waals surface area (Å²) in [7, 11) is 0. The van der Waals surface area contributed by atoms with Crippen LogP contribution in [-0.4, -0.2) is 5.11 Å². The van der Waals surface area contributed by atoms with E-state index in [9.17, 15) is 5.11 Å². The summed E-state index contributed by atoms with van der Waals surface area (Å²) in [6.45, 7) is 1.85. The number of aryl methyl sites for hydroxylation is 1. The Morgan fingerprint density at radius 3 is 2.47 bits per heavy atom. The first-order valence-corrected chi connectivity index (χ1v) is 5.46. The predicted octanol–water partition coefficient (Wildman–Crippen LogP) is 3.43. The van der Waals surface area contributed by atoms with Gasteiger partial charge in [0.05, 0.1) is 4.47 Å². The normalized spacial score (nSPS) is 12.7. The van der Waals surface area contributed by atoms with Gasteiger partial charge in [0.1, 0.15) is 11.9 Å². The Hall–Kier alpha value is -1.06. The molecule has 1 heterocycles. The Labute approximate surface area is 96.7 Å². The first-order valence-electron chi connectivity index (χ1n) is 4.67. The smallest absolute Gasteiger partial charge is 0.151 e. The number of furan rings is 1. The van der Waals surface area contributed by atoms with Gasteiger partial charge in [-0.15, -0.1) is 0 Å². The van der Waals surface area contributed by atoms with E-state index in [1.807, 2.05) is 43.3 Å². The van der Waals surface area contributed by atoms with Crippen LogP contribution in [0.1, 0.15) is 23.2 Å². The molecule has 0 aliphatic carbocycles. The van der Waals surface area contributed by atoms with Crippen molar-refractivity contribution < 1.29 is 9.52 Å². The highest BCUT2D eigenvalue weighted by Gasteiger charge is 2.17. The van der Waals surface area contributed by atoms with Crippen LogP contribution in [0, 0.1) is 6.92 Å². The van der Waals surface area contributed by atoms with E-state index >= 15 is 0 Å². The maximum Gasteiger partial charge on any atom is 0.151 e. The molecule has 0 fully saturated rings. The van der Waals surface area contributed by atoms with Gasteiger partial charge in [0, 0.05) is 0 Å². The average Bonchev–Trinajstić information content (AvgIpc) is 2.58. The number of rotatable bonds is 2. The Balaban J connectivity index is 2.36. The molecule has 0 aliphatic heterocycles. The molecule has 0 saturated carbocycles. The quantitative estimate of drug-likeness (QED) is 0.904. The highest BCUT2D eigenvalue weighted by atomic mass is 79.9. The van der Waals surface area contributed by atoms with Crippen LogP contribution < -0.4 is 0 Å². The minimum Gasteiger partial charge on any atom is -0.462 e. The molecule has 0 unspecified atom stereocenters. The summed E-state index contributed by atoms with van der Waals surface area (Å²) in [5.74, 6) is 1.34. The van der Waals surface area contributed by atoms with Gasteiger partial charge in [-0.1, -0.05) is 30.3 Å². The second-order valence-corrected chi connectivity index (χ2v) is 4.24. The molecule has 1 aromatic heterocycles. The third kappa shape index (κ3) is 2.13. The molecule has 0 radical (unpaired) electrons. The van der Waals surface area contributed by atoms with Gasteiger partial charge >= 0.3 is 0 Å². The van der Waals surface area contributed by atoms with Crippen molar-refractivity contribution in [2.24, 2.45) is 0 Å². The zero-order valence-corrected chi connectivity index (χ0v) is 9.86. The fourth-order valence-electron chi connectivity index (χ4n) is 1.47. The molecule has 15 heavy (non-hydrogen) atoms. The van der Waals surface area contributed by atoms with Crippen molar-refractivity contribution in [2.75, 3.05) is 0 Å². The lowest BCUT2D eigenvalue weighted by Crippen LogP contribution is -1.98. The van der Waals surface area contributed by atoms with E-state index in [-0.39, 0.29) is 0 Å². The molecule has 0 aliphatic rings. The van der Waals surface area contributed by atoms with Crippen LogP contribution in [0.2, 0.25) is 0 Å². The van der Waals surface area contributed by atoms with E-state index in [4.69, 9.17) is 4.42 Å². The summed E-state index contributed by atoms with van der Waals surface area (Å²) in [4.78, 5) is 0. The summed E-state index contributed by atoms with van der Waals surface area (Å²) >= 11 is 3.36. The molecule has 2 rings (SSSR count). The number of hydrogen-bond acceptors (Lipinski definition) is 2. The molecule has 0 saturated heterocycles. The fourth-order valence-corrected chi connectivity index (χ4v) is 2.09. The van der Waals surface area contributed by atoms with Crippen LogP contribution in [0.15, 0.2) is 45.3 Å². The molecule has 1 atom stereocenters. The number of halogens is 1. The number of benzene rings is 1. The Morgan fingerprint density at radius 2 is 1.93 bits per heavy atom. The lowest BCUT2D eigenvalue weighted by atomic mass is 10.1. The monoisotopic (exact) mass is 266 g/mol. The molecule has 3 heteroatoms. The lowest BCUT2D eigenvalue weighted by Gasteiger charge is -2.08. The van der Waals surface area contributed by atoms with Crippen LogP contribution in [0.3, 0.4) is 0 Å². The topological polar surface area (TPSA) is 33.4 Å². The molecule has 0 amide bonds. The highest BCUT2D eigenvalue weighted by Crippen LogP contribution is 2.30. The van der Waals surface area contributed by atoms with E-state index in [2.05, 4.69) is 15.9 Å². The predicted molar refractivity (Wildman–Crippen MR) is 61.6 cm³/mol. The summed E-state index contributed by atoms with van der Waals surface area (Å²) < 4.78 is 6.24. The third-order valence-electron chi connectivity index (χ3n) is 2.20. The van der Waals surface area contributed by atoms with Gasteiger partial charge in [0.25, 0.3) is 0 Å². The number of aliphatic hydroxyl groups is 1. The maximum atomic E-state index is 10.1. The molecule has 1 N–H and O–H groups in total. The molecule has 0 spiro atoms. The zero-order chi connectivity index (χ0) is 10.8. The van der Waals surface area contributed by atoms with E-state index in [0.717, 1.165) is 15.8 Å². The van der Waals surface area contributed by atoms with E-state index < -0.39 is 6.10 Å². The first kappa shape index (κ1) is 10.5. The van der Waals surface area contributed by atoms with Gasteiger partial charge in [-0.25, -0.2) is 0 Å². The van der Waals surface area contributed by atoms with Gasteiger partial charge in [-0.2, -0.15) is 0 Å². The molecule has 2 nitrogen and oxygen atoms in total. The summed E-state index contributed by atoms with van der Waals surface area (Å²) in [6.07, 6.45) is -0.714. The fraction of sp³-hybridized carbons (Fsp3) is 0.167. The van der Waals surface area contributed by atoms with Crippen LogP contribution >= 0.6 is 15.9 Å². The minimum atomic E-state index is -0.714. The van der Waals surface area contributed by atoms with E-state index in [1.54, 1.807) is 0 Å². The van der Waals surface area contributed by atoms with Crippen molar-refractivity contribution >= 4 is 15.9 Å². The van der Waals surface area contributed by atoms with Crippen molar-refractivity contribution in [1.29, 1.82) is 0 Å². The van der Waals surface area contributed by atoms with Crippen molar-refractivity contribution in [2.45, 2.75) is 13.0 Å². The van der Waals surface area contributed by atoms with Gasteiger partial charge < -0.3 is 9.52 Å². The second-order valence-electron chi connectivity index (χ2n) is 3.38. The van der Waals surface area contributed by atoms with Crippen molar-refractivity contribution in [3.05, 3.63) is 58.0 Å². The SMILES string of the molecule is Cc1cc(Br)c([C@H](O)c2ccccc2)o1. The average molecular weight is 267 g/mol. The molecule has 0 bridgehead atoms. The lowest BCUT2D eigenvalue weighted by molar-refractivity contribution is 0.186. The maximum absolute atomic E-state index is 10.1. The van der Waals surface area contributed by atoms with Crippen molar-refractivity contribution in [3.8, 4) is 0 Å². The number of hydrogen-bond donors (Lipinski definition) is 1. The highest BCUT2D eigenvalue weighted by molar-refractivity contribution is 9.10. The summed E-state index contributed by atoms with van der Waals surface area (Å²) in [5.41, 5.74) is 0.826. The van der Waals surface area contributed by atoms with Gasteiger partial charge in [-0.05, 0) is 34.5 Å². The molecular formula is C12H11BrO2. The minimum absolute atomic E-state index is 0.554. The number of aliphatic hydroxyl groups excluding tert-OH is 1. The van der Waals surface area contributed by atoms with E-state index in [1.165, 1.54) is 0 Å². The summed E-state index contributed by atoms with van der Waals surface area (Å²) in [5, 5.41) is 10.1. The van der Waals surface area contributed by atoms with Crippen LogP contribution in [0.25, 0.3) is 0 Å². The first-order chi connectivity index (χ1) is 7.18. The van der Waals surface area contributed by atoms with Gasteiger partial charge in [0.15, 0.2) is 5.76 Å². The molecule has 78 valence electrons. The van der Waals surface area contributed by atoms with Crippen molar-refractivity contribution in [3.63, 3.8) is 0 Å². The Bertz CT molecular complexity index is 448. The third-order valence-corrected chi connectivity index (χ3v) is 2.82. The van der Waals surface area contributed by atoms with Crippen LogP contribution in [0.4, 0.5) is 0 Å². The zero-order valence-electron chi connectivity index (χ0n) is 8.27. The van der Waals surface area contributed by atoms with Crippen LogP contribution in [0.5, 0.6) is 0 Å². The van der Waals surface area contributed by atoms with E-state index in [0.29, 0.717) is 5.76 Å². The standard InChI is InChI=1S/C12H11BrO2/c1-8-7-10(13)12(15-8)11(14)9-5-3-2-4-6-9/h2-7,11,14H,1H3/t11-/m1/s1. The molecular weight excluding hydrogens is 256 g/mol. The largest absolute Gasteiger partial charge is 0.462 e. The molecule has 2 aromatic rings. The Kier molecular flexibility index (Phi) is 2.93. The Morgan fingerprint density at radius 1 is 1.27 bits per heavy atom. The molecule has 1 aromatic carbocycles. The van der Waals surface area contributed by atoms with Gasteiger partial charge in [-0.3, -0.25) is 0 Å². The van der Waals surface area contributed by atoms with Gasteiger partial charge in [0.2, 0.25) is 0 Å². The van der Waals surface area contributed by atoms with Crippen molar-refractivity contribution in [1.82, 2.24) is 0 Å². The van der Waals surface area contributed by atoms with Crippen LogP contribution in [-0.2, 0) is 0 Å².